The lowest BCUT2D eigenvalue weighted by Crippen LogP contribution is -2.29. The molecule has 0 unspecified atom stereocenters. The van der Waals surface area contributed by atoms with Crippen LogP contribution in [0.3, 0.4) is 0 Å². The van der Waals surface area contributed by atoms with Crippen LogP contribution in [0.25, 0.3) is 0 Å². The smallest absolute Gasteiger partial charge is 0.315 e. The van der Waals surface area contributed by atoms with Gasteiger partial charge < -0.3 is 15.7 Å². The van der Waals surface area contributed by atoms with Gasteiger partial charge in [0.25, 0.3) is 0 Å². The van der Waals surface area contributed by atoms with Gasteiger partial charge in [-0.3, -0.25) is 9.59 Å². The molecule has 0 aliphatic rings. The van der Waals surface area contributed by atoms with E-state index < -0.39 is 11.8 Å². The van der Waals surface area contributed by atoms with Crippen LogP contribution in [0.15, 0.2) is 36.5 Å². The van der Waals surface area contributed by atoms with Gasteiger partial charge in [0.05, 0.1) is 5.69 Å². The van der Waals surface area contributed by atoms with Crippen molar-refractivity contribution >= 4 is 23.3 Å². The summed E-state index contributed by atoms with van der Waals surface area (Å²) in [5.41, 5.74) is 1.77. The van der Waals surface area contributed by atoms with Crippen molar-refractivity contribution < 1.29 is 14.7 Å². The molecule has 2 amide bonds. The molecular weight excluding hydrogens is 270 g/mol. The molecule has 6 nitrogen and oxygen atoms in total. The van der Waals surface area contributed by atoms with E-state index in [1.165, 1.54) is 18.3 Å². The zero-order chi connectivity index (χ0) is 15.4. The molecule has 1 aromatic heterocycles. The van der Waals surface area contributed by atoms with E-state index in [1.54, 1.807) is 25.1 Å². The lowest BCUT2D eigenvalue weighted by Gasteiger charge is -2.09. The third-order valence-electron chi connectivity index (χ3n) is 2.85. The van der Waals surface area contributed by atoms with Gasteiger partial charge in [0.15, 0.2) is 0 Å². The SMILES string of the molecule is Cc1ccc(NC(=O)C(=O)Nc2ncccc2C)c(O)c1. The predicted molar refractivity (Wildman–Crippen MR) is 79.1 cm³/mol. The number of amides is 2. The number of pyridine rings is 1. The van der Waals surface area contributed by atoms with Crippen LogP contribution in [0.5, 0.6) is 5.75 Å². The number of rotatable bonds is 2. The Kier molecular flexibility index (Phi) is 4.18. The van der Waals surface area contributed by atoms with Gasteiger partial charge in [0, 0.05) is 6.20 Å². The monoisotopic (exact) mass is 285 g/mol. The third kappa shape index (κ3) is 3.56. The Morgan fingerprint density at radius 3 is 2.48 bits per heavy atom. The Balaban J connectivity index is 2.06. The molecule has 108 valence electrons. The molecule has 0 aliphatic carbocycles. The van der Waals surface area contributed by atoms with Gasteiger partial charge in [-0.05, 0) is 43.2 Å². The van der Waals surface area contributed by atoms with Crippen LogP contribution in [0.1, 0.15) is 11.1 Å². The van der Waals surface area contributed by atoms with Crippen LogP contribution < -0.4 is 10.6 Å². The Morgan fingerprint density at radius 1 is 1.10 bits per heavy atom. The average molecular weight is 285 g/mol. The van der Waals surface area contributed by atoms with E-state index in [2.05, 4.69) is 15.6 Å². The van der Waals surface area contributed by atoms with Crippen molar-refractivity contribution in [3.63, 3.8) is 0 Å². The topological polar surface area (TPSA) is 91.3 Å². The van der Waals surface area contributed by atoms with E-state index in [9.17, 15) is 14.7 Å². The van der Waals surface area contributed by atoms with Gasteiger partial charge in [-0.15, -0.1) is 0 Å². The second-order valence-electron chi connectivity index (χ2n) is 4.60. The van der Waals surface area contributed by atoms with E-state index in [-0.39, 0.29) is 11.4 Å². The second-order valence-corrected chi connectivity index (χ2v) is 4.60. The molecule has 0 aliphatic heterocycles. The standard InChI is InChI=1S/C15H15N3O3/c1-9-5-6-11(12(19)8-9)17-14(20)15(21)18-13-10(2)4-3-7-16-13/h3-8,19H,1-2H3,(H,17,20)(H,16,18,21). The average Bonchev–Trinajstić information content (AvgIpc) is 2.44. The number of phenols is 1. The molecule has 0 radical (unpaired) electrons. The van der Waals surface area contributed by atoms with Crippen molar-refractivity contribution in [3.8, 4) is 5.75 Å². The minimum absolute atomic E-state index is 0.0924. The van der Waals surface area contributed by atoms with E-state index in [0.29, 0.717) is 5.82 Å². The minimum atomic E-state index is -0.876. The molecule has 0 spiro atoms. The van der Waals surface area contributed by atoms with E-state index in [4.69, 9.17) is 0 Å². The molecule has 0 atom stereocenters. The molecule has 0 saturated heterocycles. The van der Waals surface area contributed by atoms with E-state index in [0.717, 1.165) is 11.1 Å². The fourth-order valence-corrected chi connectivity index (χ4v) is 1.71. The molecule has 2 aromatic rings. The molecule has 1 heterocycles. The summed E-state index contributed by atoms with van der Waals surface area (Å²) in [6.07, 6.45) is 1.52. The largest absolute Gasteiger partial charge is 0.506 e. The van der Waals surface area contributed by atoms with Crippen molar-refractivity contribution in [3.05, 3.63) is 47.7 Å². The fraction of sp³-hybridized carbons (Fsp3) is 0.133. The molecule has 3 N–H and O–H groups in total. The highest BCUT2D eigenvalue weighted by Crippen LogP contribution is 2.23. The van der Waals surface area contributed by atoms with Crippen LogP contribution in [0.2, 0.25) is 0 Å². The Hall–Kier alpha value is -2.89. The van der Waals surface area contributed by atoms with Crippen LogP contribution >= 0.6 is 0 Å². The first-order chi connectivity index (χ1) is 9.97. The van der Waals surface area contributed by atoms with Crippen LogP contribution in [0.4, 0.5) is 11.5 Å². The van der Waals surface area contributed by atoms with Gasteiger partial charge >= 0.3 is 11.8 Å². The molecular formula is C15H15N3O3. The Labute approximate surface area is 121 Å². The Morgan fingerprint density at radius 2 is 1.81 bits per heavy atom. The Bertz CT molecular complexity index is 698. The summed E-state index contributed by atoms with van der Waals surface area (Å²) in [7, 11) is 0. The number of carbonyl (C=O) groups is 2. The summed E-state index contributed by atoms with van der Waals surface area (Å²) in [5, 5.41) is 14.5. The summed E-state index contributed by atoms with van der Waals surface area (Å²) in [5.74, 6) is -1.49. The van der Waals surface area contributed by atoms with Gasteiger partial charge in [-0.25, -0.2) is 4.98 Å². The van der Waals surface area contributed by atoms with Gasteiger partial charge in [-0.2, -0.15) is 0 Å². The van der Waals surface area contributed by atoms with E-state index >= 15 is 0 Å². The number of nitrogens with one attached hydrogen (secondary N) is 2. The maximum Gasteiger partial charge on any atom is 0.315 e. The van der Waals surface area contributed by atoms with Gasteiger partial charge in [0.1, 0.15) is 11.6 Å². The maximum absolute atomic E-state index is 11.8. The third-order valence-corrected chi connectivity index (χ3v) is 2.85. The van der Waals surface area contributed by atoms with Crippen LogP contribution in [-0.2, 0) is 9.59 Å². The van der Waals surface area contributed by atoms with Crippen molar-refractivity contribution in [2.45, 2.75) is 13.8 Å². The first-order valence-electron chi connectivity index (χ1n) is 6.31. The molecule has 0 saturated carbocycles. The maximum atomic E-state index is 11.8. The summed E-state index contributed by atoms with van der Waals surface area (Å²) in [4.78, 5) is 27.6. The first-order valence-corrected chi connectivity index (χ1v) is 6.31. The normalized spacial score (nSPS) is 10.0. The number of benzene rings is 1. The highest BCUT2D eigenvalue weighted by Gasteiger charge is 2.16. The number of aryl methyl sites for hydroxylation is 2. The minimum Gasteiger partial charge on any atom is -0.506 e. The van der Waals surface area contributed by atoms with Crippen LogP contribution in [-0.4, -0.2) is 21.9 Å². The van der Waals surface area contributed by atoms with Crippen molar-refractivity contribution in [2.24, 2.45) is 0 Å². The lowest BCUT2D eigenvalue weighted by atomic mass is 10.2. The number of anilines is 2. The number of hydrogen-bond acceptors (Lipinski definition) is 4. The summed E-state index contributed by atoms with van der Waals surface area (Å²) >= 11 is 0. The number of nitrogens with zero attached hydrogens (tertiary/aromatic N) is 1. The quantitative estimate of drug-likeness (QED) is 0.581. The number of phenolic OH excluding ortho intramolecular Hbond substituents is 1. The molecule has 0 bridgehead atoms. The zero-order valence-electron chi connectivity index (χ0n) is 11.7. The molecule has 21 heavy (non-hydrogen) atoms. The van der Waals surface area contributed by atoms with Crippen molar-refractivity contribution in [2.75, 3.05) is 10.6 Å². The highest BCUT2D eigenvalue weighted by atomic mass is 16.3. The zero-order valence-corrected chi connectivity index (χ0v) is 11.7. The van der Waals surface area contributed by atoms with Gasteiger partial charge in [0.2, 0.25) is 0 Å². The number of aromatic nitrogens is 1. The van der Waals surface area contributed by atoms with E-state index in [1.807, 2.05) is 6.92 Å². The molecule has 1 aromatic carbocycles. The van der Waals surface area contributed by atoms with Crippen molar-refractivity contribution in [1.29, 1.82) is 0 Å². The second kappa shape index (κ2) is 6.04. The predicted octanol–water partition coefficient (Wildman–Crippen LogP) is 1.98. The fourth-order valence-electron chi connectivity index (χ4n) is 1.71. The molecule has 2 rings (SSSR count). The first kappa shape index (κ1) is 14.5. The number of carbonyl (C=O) groups excluding carboxylic acids is 2. The molecule has 0 fully saturated rings. The lowest BCUT2D eigenvalue weighted by molar-refractivity contribution is -0.133. The summed E-state index contributed by atoms with van der Waals surface area (Å²) < 4.78 is 0. The summed E-state index contributed by atoms with van der Waals surface area (Å²) in [6, 6.07) is 8.25. The summed E-state index contributed by atoms with van der Waals surface area (Å²) in [6.45, 7) is 3.58. The highest BCUT2D eigenvalue weighted by molar-refractivity contribution is 6.43. The van der Waals surface area contributed by atoms with Crippen molar-refractivity contribution in [1.82, 2.24) is 4.98 Å². The van der Waals surface area contributed by atoms with Gasteiger partial charge in [-0.1, -0.05) is 12.1 Å². The number of aromatic hydroxyl groups is 1. The number of hydrogen-bond donors (Lipinski definition) is 3. The van der Waals surface area contributed by atoms with Crippen LogP contribution in [0, 0.1) is 13.8 Å². The molecule has 6 heteroatoms.